The van der Waals surface area contributed by atoms with E-state index < -0.39 is 0 Å². The average Bonchev–Trinajstić information content (AvgIpc) is 1.81. The molecule has 0 N–H and O–H groups in total. The molecule has 1 unspecified atom stereocenters. The Labute approximate surface area is 67.6 Å². The number of rotatable bonds is 4. The van der Waals surface area contributed by atoms with Crippen molar-refractivity contribution in [3.8, 4) is 0 Å². The van der Waals surface area contributed by atoms with Crippen molar-refractivity contribution in [1.82, 2.24) is 0 Å². The first kappa shape index (κ1) is 10.0. The molecule has 0 aliphatic heterocycles. The standard InChI is InChI=1S/C8H16OS/c1-6(2)8(5-9)10-7(3)4/h5-8H,1-4H3. The predicted molar refractivity (Wildman–Crippen MR) is 47.4 cm³/mol. The molecule has 0 aliphatic carbocycles. The molecule has 0 aromatic carbocycles. The van der Waals surface area contributed by atoms with Crippen LogP contribution in [-0.4, -0.2) is 16.8 Å². The molecule has 0 bridgehead atoms. The largest absolute Gasteiger partial charge is 0.302 e. The molecule has 0 rings (SSSR count). The van der Waals surface area contributed by atoms with E-state index in [0.29, 0.717) is 11.2 Å². The van der Waals surface area contributed by atoms with Crippen LogP contribution in [0.5, 0.6) is 0 Å². The summed E-state index contributed by atoms with van der Waals surface area (Å²) in [5.41, 5.74) is 0. The van der Waals surface area contributed by atoms with Gasteiger partial charge in [-0.15, -0.1) is 11.8 Å². The maximum atomic E-state index is 10.5. The Bertz CT molecular complexity index is 99.4. The van der Waals surface area contributed by atoms with Crippen LogP contribution in [0, 0.1) is 5.92 Å². The Morgan fingerprint density at radius 3 is 1.80 bits per heavy atom. The SMILES string of the molecule is CC(C)SC(C=O)C(C)C. The van der Waals surface area contributed by atoms with Gasteiger partial charge in [0.15, 0.2) is 0 Å². The van der Waals surface area contributed by atoms with Crippen LogP contribution in [0.1, 0.15) is 27.7 Å². The van der Waals surface area contributed by atoms with E-state index in [2.05, 4.69) is 27.7 Å². The molecule has 60 valence electrons. The molecule has 10 heavy (non-hydrogen) atoms. The minimum absolute atomic E-state index is 0.181. The average molecular weight is 160 g/mol. The van der Waals surface area contributed by atoms with E-state index in [4.69, 9.17) is 0 Å². The number of thioether (sulfide) groups is 1. The molecule has 0 spiro atoms. The number of aldehydes is 1. The zero-order valence-corrected chi connectivity index (χ0v) is 7.94. The van der Waals surface area contributed by atoms with Gasteiger partial charge in [0.2, 0.25) is 0 Å². The second kappa shape index (κ2) is 4.78. The predicted octanol–water partition coefficient (Wildman–Crippen LogP) is 2.35. The normalized spacial score (nSPS) is 14.2. The molecule has 1 atom stereocenters. The molecule has 0 fully saturated rings. The van der Waals surface area contributed by atoms with Crippen molar-refractivity contribution >= 4 is 18.0 Å². The number of carbonyl (C=O) groups excluding carboxylic acids is 1. The van der Waals surface area contributed by atoms with E-state index in [9.17, 15) is 4.79 Å². The highest BCUT2D eigenvalue weighted by molar-refractivity contribution is 8.01. The van der Waals surface area contributed by atoms with Crippen LogP contribution in [0.25, 0.3) is 0 Å². The van der Waals surface area contributed by atoms with Gasteiger partial charge in [0, 0.05) is 0 Å². The molecule has 0 radical (unpaired) electrons. The summed E-state index contributed by atoms with van der Waals surface area (Å²) in [5.74, 6) is 0.463. The van der Waals surface area contributed by atoms with Gasteiger partial charge in [0.25, 0.3) is 0 Å². The van der Waals surface area contributed by atoms with E-state index in [1.807, 2.05) is 0 Å². The van der Waals surface area contributed by atoms with Gasteiger partial charge in [0.1, 0.15) is 6.29 Å². The van der Waals surface area contributed by atoms with Crippen molar-refractivity contribution in [2.24, 2.45) is 5.92 Å². The van der Waals surface area contributed by atoms with Gasteiger partial charge in [0.05, 0.1) is 5.25 Å². The number of hydrogen-bond acceptors (Lipinski definition) is 2. The summed E-state index contributed by atoms with van der Waals surface area (Å²) in [6.07, 6.45) is 1.05. The highest BCUT2D eigenvalue weighted by Gasteiger charge is 2.13. The summed E-state index contributed by atoms with van der Waals surface area (Å²) in [6, 6.07) is 0. The van der Waals surface area contributed by atoms with Crippen LogP contribution in [0.2, 0.25) is 0 Å². The monoisotopic (exact) mass is 160 g/mol. The summed E-state index contributed by atoms with van der Waals surface area (Å²) in [7, 11) is 0. The quantitative estimate of drug-likeness (QED) is 0.587. The summed E-state index contributed by atoms with van der Waals surface area (Å²) in [5, 5.41) is 0.734. The van der Waals surface area contributed by atoms with E-state index in [-0.39, 0.29) is 5.25 Å². The lowest BCUT2D eigenvalue weighted by molar-refractivity contribution is -0.107. The summed E-state index contributed by atoms with van der Waals surface area (Å²) in [6.45, 7) is 8.38. The Hall–Kier alpha value is 0.0200. The van der Waals surface area contributed by atoms with Gasteiger partial charge in [-0.1, -0.05) is 27.7 Å². The smallest absolute Gasteiger partial charge is 0.133 e. The first-order valence-electron chi connectivity index (χ1n) is 3.68. The van der Waals surface area contributed by atoms with Crippen LogP contribution in [0.3, 0.4) is 0 Å². The van der Waals surface area contributed by atoms with Gasteiger partial charge < -0.3 is 4.79 Å². The molecular formula is C8H16OS. The first-order valence-corrected chi connectivity index (χ1v) is 4.63. The lowest BCUT2D eigenvalue weighted by Crippen LogP contribution is -2.15. The first-order chi connectivity index (χ1) is 4.57. The van der Waals surface area contributed by atoms with Crippen LogP contribution in [-0.2, 0) is 4.79 Å². The zero-order chi connectivity index (χ0) is 8.15. The Morgan fingerprint density at radius 2 is 1.70 bits per heavy atom. The molecule has 0 amide bonds. The fraction of sp³-hybridized carbons (Fsp3) is 0.875. The second-order valence-electron chi connectivity index (χ2n) is 3.03. The fourth-order valence-electron chi connectivity index (χ4n) is 0.661. The van der Waals surface area contributed by atoms with Crippen molar-refractivity contribution in [2.75, 3.05) is 0 Å². The Balaban J connectivity index is 3.71. The topological polar surface area (TPSA) is 17.1 Å². The van der Waals surface area contributed by atoms with Gasteiger partial charge >= 0.3 is 0 Å². The molecule has 0 aromatic rings. The van der Waals surface area contributed by atoms with E-state index >= 15 is 0 Å². The van der Waals surface area contributed by atoms with Crippen LogP contribution in [0.15, 0.2) is 0 Å². The van der Waals surface area contributed by atoms with E-state index in [1.54, 1.807) is 11.8 Å². The fourth-order valence-corrected chi connectivity index (χ4v) is 1.67. The van der Waals surface area contributed by atoms with Crippen molar-refractivity contribution in [3.63, 3.8) is 0 Å². The molecule has 0 aliphatic rings. The Morgan fingerprint density at radius 1 is 1.20 bits per heavy atom. The molecule has 0 heterocycles. The summed E-state index contributed by atoms with van der Waals surface area (Å²) in [4.78, 5) is 10.5. The zero-order valence-electron chi connectivity index (χ0n) is 7.13. The summed E-state index contributed by atoms with van der Waals surface area (Å²) >= 11 is 1.74. The van der Waals surface area contributed by atoms with Gasteiger partial charge in [-0.3, -0.25) is 0 Å². The van der Waals surface area contributed by atoms with Crippen LogP contribution >= 0.6 is 11.8 Å². The Kier molecular flexibility index (Phi) is 4.79. The van der Waals surface area contributed by atoms with Gasteiger partial charge in [-0.05, 0) is 11.2 Å². The number of carbonyl (C=O) groups is 1. The third kappa shape index (κ3) is 3.94. The highest BCUT2D eigenvalue weighted by Crippen LogP contribution is 2.21. The lowest BCUT2D eigenvalue weighted by Gasteiger charge is -2.15. The lowest BCUT2D eigenvalue weighted by atomic mass is 10.1. The van der Waals surface area contributed by atoms with Crippen molar-refractivity contribution < 1.29 is 4.79 Å². The van der Waals surface area contributed by atoms with Crippen molar-refractivity contribution in [1.29, 1.82) is 0 Å². The van der Waals surface area contributed by atoms with Crippen molar-refractivity contribution in [2.45, 2.75) is 38.2 Å². The third-order valence-corrected chi connectivity index (χ3v) is 2.73. The summed E-state index contributed by atoms with van der Waals surface area (Å²) < 4.78 is 0. The van der Waals surface area contributed by atoms with Crippen LogP contribution < -0.4 is 0 Å². The van der Waals surface area contributed by atoms with Crippen molar-refractivity contribution in [3.05, 3.63) is 0 Å². The maximum absolute atomic E-state index is 10.5. The molecule has 0 saturated heterocycles. The number of hydrogen-bond donors (Lipinski definition) is 0. The maximum Gasteiger partial charge on any atom is 0.133 e. The minimum Gasteiger partial charge on any atom is -0.302 e. The molecule has 1 nitrogen and oxygen atoms in total. The van der Waals surface area contributed by atoms with E-state index in [1.165, 1.54) is 0 Å². The molecule has 2 heteroatoms. The second-order valence-corrected chi connectivity index (χ2v) is 4.79. The van der Waals surface area contributed by atoms with Gasteiger partial charge in [-0.2, -0.15) is 0 Å². The van der Waals surface area contributed by atoms with E-state index in [0.717, 1.165) is 6.29 Å². The minimum atomic E-state index is 0.181. The van der Waals surface area contributed by atoms with Crippen LogP contribution in [0.4, 0.5) is 0 Å². The molecular weight excluding hydrogens is 144 g/mol. The molecule has 0 saturated carbocycles. The molecule has 0 aromatic heterocycles. The third-order valence-electron chi connectivity index (χ3n) is 1.22. The highest BCUT2D eigenvalue weighted by atomic mass is 32.2. The van der Waals surface area contributed by atoms with Gasteiger partial charge in [-0.25, -0.2) is 0 Å².